The van der Waals surface area contributed by atoms with Crippen LogP contribution in [0, 0.1) is 13.8 Å². The third-order valence-electron chi connectivity index (χ3n) is 2.85. The molecular formula is C12H19N3O4. The van der Waals surface area contributed by atoms with E-state index in [1.807, 2.05) is 13.8 Å². The molecule has 106 valence electrons. The Morgan fingerprint density at radius 3 is 2.58 bits per heavy atom. The lowest BCUT2D eigenvalue weighted by Crippen LogP contribution is -2.39. The van der Waals surface area contributed by atoms with Crippen LogP contribution in [-0.2, 0) is 20.7 Å². The lowest BCUT2D eigenvalue weighted by Gasteiger charge is -2.20. The number of aromatic amines is 1. The second kappa shape index (κ2) is 6.89. The molecule has 0 saturated heterocycles. The van der Waals surface area contributed by atoms with Crippen LogP contribution in [-0.4, -0.2) is 58.9 Å². The average Bonchev–Trinajstić information content (AvgIpc) is 2.65. The topological polar surface area (TPSA) is 95.5 Å². The molecule has 0 atom stereocenters. The highest BCUT2D eigenvalue weighted by Gasteiger charge is 2.19. The fraction of sp³-hybridized carbons (Fsp3) is 0.583. The number of ether oxygens (including phenoxy) is 1. The van der Waals surface area contributed by atoms with E-state index in [1.54, 1.807) is 0 Å². The number of hydrogen-bond donors (Lipinski definition) is 2. The Kier molecular flexibility index (Phi) is 5.50. The number of hydrogen-bond acceptors (Lipinski definition) is 4. The van der Waals surface area contributed by atoms with Gasteiger partial charge in [-0.25, -0.2) is 0 Å². The summed E-state index contributed by atoms with van der Waals surface area (Å²) < 4.78 is 4.88. The van der Waals surface area contributed by atoms with Crippen molar-refractivity contribution in [2.75, 3.05) is 26.8 Å². The van der Waals surface area contributed by atoms with Gasteiger partial charge < -0.3 is 14.7 Å². The summed E-state index contributed by atoms with van der Waals surface area (Å²) in [6.45, 7) is 3.89. The van der Waals surface area contributed by atoms with Gasteiger partial charge in [0, 0.05) is 24.9 Å². The fourth-order valence-corrected chi connectivity index (χ4v) is 1.75. The molecular weight excluding hydrogens is 250 g/mol. The van der Waals surface area contributed by atoms with Crippen molar-refractivity contribution in [1.82, 2.24) is 15.1 Å². The highest BCUT2D eigenvalue weighted by Crippen LogP contribution is 2.11. The molecule has 0 fully saturated rings. The molecule has 0 aliphatic heterocycles. The number of aryl methyl sites for hydroxylation is 2. The SMILES string of the molecule is COCCN(CC(=O)O)C(=O)Cc1c(C)n[nH]c1C. The first-order valence-electron chi connectivity index (χ1n) is 5.94. The van der Waals surface area contributed by atoms with Crippen LogP contribution in [0.15, 0.2) is 0 Å². The monoisotopic (exact) mass is 269 g/mol. The predicted molar refractivity (Wildman–Crippen MR) is 67.9 cm³/mol. The molecule has 0 saturated carbocycles. The molecule has 1 aromatic heterocycles. The number of aliphatic carboxylic acids is 1. The van der Waals surface area contributed by atoms with Crippen LogP contribution >= 0.6 is 0 Å². The molecule has 2 N–H and O–H groups in total. The molecule has 7 nitrogen and oxygen atoms in total. The Labute approximate surface area is 111 Å². The van der Waals surface area contributed by atoms with Crippen LogP contribution in [0.2, 0.25) is 0 Å². The van der Waals surface area contributed by atoms with Crippen molar-refractivity contribution >= 4 is 11.9 Å². The smallest absolute Gasteiger partial charge is 0.323 e. The second-order valence-corrected chi connectivity index (χ2v) is 4.29. The number of carboxylic acid groups (broad SMARTS) is 1. The highest BCUT2D eigenvalue weighted by atomic mass is 16.5. The number of carboxylic acids is 1. The van der Waals surface area contributed by atoms with Crippen LogP contribution in [0.25, 0.3) is 0 Å². The molecule has 0 aliphatic carbocycles. The van der Waals surface area contributed by atoms with Crippen molar-refractivity contribution in [2.24, 2.45) is 0 Å². The summed E-state index contributed by atoms with van der Waals surface area (Å²) in [7, 11) is 1.51. The maximum absolute atomic E-state index is 12.1. The van der Waals surface area contributed by atoms with Gasteiger partial charge in [-0.05, 0) is 13.8 Å². The summed E-state index contributed by atoms with van der Waals surface area (Å²) >= 11 is 0. The first-order valence-corrected chi connectivity index (χ1v) is 5.94. The zero-order valence-electron chi connectivity index (χ0n) is 11.4. The van der Waals surface area contributed by atoms with E-state index in [1.165, 1.54) is 12.0 Å². The largest absolute Gasteiger partial charge is 0.480 e. The average molecular weight is 269 g/mol. The zero-order valence-corrected chi connectivity index (χ0v) is 11.4. The van der Waals surface area contributed by atoms with Crippen molar-refractivity contribution in [3.05, 3.63) is 17.0 Å². The molecule has 1 heterocycles. The molecule has 0 radical (unpaired) electrons. The van der Waals surface area contributed by atoms with Gasteiger partial charge in [0.2, 0.25) is 5.91 Å². The molecule has 0 spiro atoms. The molecule has 0 unspecified atom stereocenters. The zero-order chi connectivity index (χ0) is 14.4. The van der Waals surface area contributed by atoms with Crippen LogP contribution in [0.5, 0.6) is 0 Å². The van der Waals surface area contributed by atoms with Gasteiger partial charge in [-0.1, -0.05) is 0 Å². The van der Waals surface area contributed by atoms with Gasteiger partial charge in [0.25, 0.3) is 0 Å². The summed E-state index contributed by atoms with van der Waals surface area (Å²) in [6.07, 6.45) is 0.144. The van der Waals surface area contributed by atoms with Crippen LogP contribution in [0.4, 0.5) is 0 Å². The Morgan fingerprint density at radius 2 is 2.11 bits per heavy atom. The molecule has 0 aromatic carbocycles. The third-order valence-corrected chi connectivity index (χ3v) is 2.85. The van der Waals surface area contributed by atoms with Gasteiger partial charge in [-0.15, -0.1) is 0 Å². The maximum atomic E-state index is 12.1. The first kappa shape index (κ1) is 15.2. The van der Waals surface area contributed by atoms with E-state index in [2.05, 4.69) is 10.2 Å². The van der Waals surface area contributed by atoms with Crippen molar-refractivity contribution in [3.8, 4) is 0 Å². The van der Waals surface area contributed by atoms with Crippen LogP contribution < -0.4 is 0 Å². The fourth-order valence-electron chi connectivity index (χ4n) is 1.75. The van der Waals surface area contributed by atoms with Gasteiger partial charge in [0.1, 0.15) is 6.54 Å². The summed E-state index contributed by atoms with van der Waals surface area (Å²) in [5.74, 6) is -1.28. The van der Waals surface area contributed by atoms with Gasteiger partial charge >= 0.3 is 5.97 Å². The number of aromatic nitrogens is 2. The summed E-state index contributed by atoms with van der Waals surface area (Å²) in [5.41, 5.74) is 2.40. The van der Waals surface area contributed by atoms with Gasteiger partial charge in [-0.2, -0.15) is 5.10 Å². The van der Waals surface area contributed by atoms with E-state index in [9.17, 15) is 9.59 Å². The number of nitrogens with zero attached hydrogens (tertiary/aromatic N) is 2. The summed E-state index contributed by atoms with van der Waals surface area (Å²) in [5, 5.41) is 15.6. The minimum absolute atomic E-state index is 0.144. The van der Waals surface area contributed by atoms with Gasteiger partial charge in [0.15, 0.2) is 0 Å². The van der Waals surface area contributed by atoms with Crippen LogP contribution in [0.1, 0.15) is 17.0 Å². The maximum Gasteiger partial charge on any atom is 0.323 e. The summed E-state index contributed by atoms with van der Waals surface area (Å²) in [6, 6.07) is 0. The molecule has 7 heteroatoms. The molecule has 0 aliphatic rings. The second-order valence-electron chi connectivity index (χ2n) is 4.29. The number of methoxy groups -OCH3 is 1. The number of nitrogens with one attached hydrogen (secondary N) is 1. The van der Waals surface area contributed by atoms with E-state index < -0.39 is 5.97 Å². The normalized spacial score (nSPS) is 10.5. The van der Waals surface area contributed by atoms with Crippen molar-refractivity contribution in [1.29, 1.82) is 0 Å². The van der Waals surface area contributed by atoms with Crippen molar-refractivity contribution in [2.45, 2.75) is 20.3 Å². The van der Waals surface area contributed by atoms with Crippen LogP contribution in [0.3, 0.4) is 0 Å². The van der Waals surface area contributed by atoms with E-state index in [4.69, 9.17) is 9.84 Å². The van der Waals surface area contributed by atoms with E-state index >= 15 is 0 Å². The quantitative estimate of drug-likeness (QED) is 0.733. The molecule has 1 aromatic rings. The third kappa shape index (κ3) is 4.36. The standard InChI is InChI=1S/C12H19N3O4/c1-8-10(9(2)14-13-8)6-11(16)15(4-5-19-3)7-12(17)18/h4-7H2,1-3H3,(H,13,14)(H,17,18). The Bertz CT molecular complexity index is 436. The Hall–Kier alpha value is -1.89. The van der Waals surface area contributed by atoms with E-state index in [0.717, 1.165) is 17.0 Å². The number of H-pyrrole nitrogens is 1. The highest BCUT2D eigenvalue weighted by molar-refractivity contribution is 5.83. The van der Waals surface area contributed by atoms with Crippen molar-refractivity contribution in [3.63, 3.8) is 0 Å². The minimum atomic E-state index is -1.04. The molecule has 1 amide bonds. The van der Waals surface area contributed by atoms with Crippen molar-refractivity contribution < 1.29 is 19.4 Å². The number of carbonyl (C=O) groups is 2. The predicted octanol–water partition coefficient (Wildman–Crippen LogP) is 0.129. The Morgan fingerprint density at radius 1 is 1.42 bits per heavy atom. The molecule has 19 heavy (non-hydrogen) atoms. The molecule has 1 rings (SSSR count). The summed E-state index contributed by atoms with van der Waals surface area (Å²) in [4.78, 5) is 24.2. The van der Waals surface area contributed by atoms with E-state index in [-0.39, 0.29) is 25.4 Å². The lowest BCUT2D eigenvalue weighted by atomic mass is 10.1. The van der Waals surface area contributed by atoms with Gasteiger partial charge in [0.05, 0.1) is 18.7 Å². The Balaban J connectivity index is 2.73. The van der Waals surface area contributed by atoms with E-state index in [0.29, 0.717) is 6.61 Å². The number of carbonyl (C=O) groups excluding carboxylic acids is 1. The number of rotatable bonds is 7. The lowest BCUT2D eigenvalue weighted by molar-refractivity contribution is -0.144. The first-order chi connectivity index (χ1) is 8.95. The van der Waals surface area contributed by atoms with Gasteiger partial charge in [-0.3, -0.25) is 14.7 Å². The number of amides is 1. The minimum Gasteiger partial charge on any atom is -0.480 e. The molecule has 0 bridgehead atoms.